The molecule has 6 nitrogen and oxygen atoms in total. The quantitative estimate of drug-likeness (QED) is 0.575. The normalized spacial score (nSPS) is 22.4. The molecule has 9 heteroatoms. The lowest BCUT2D eigenvalue weighted by molar-refractivity contribution is -0.137. The molecule has 34 heavy (non-hydrogen) atoms. The van der Waals surface area contributed by atoms with Crippen LogP contribution in [0.4, 0.5) is 13.2 Å². The predicted octanol–water partition coefficient (Wildman–Crippen LogP) is 2.94. The number of carbonyl (C=O) groups is 2. The molecule has 2 aromatic carbocycles. The zero-order chi connectivity index (χ0) is 24.2. The first-order chi connectivity index (χ1) is 16.3. The van der Waals surface area contributed by atoms with Gasteiger partial charge in [0, 0.05) is 24.2 Å². The third-order valence-corrected chi connectivity index (χ3v) is 6.76. The first kappa shape index (κ1) is 24.1. The van der Waals surface area contributed by atoms with Crippen molar-refractivity contribution in [3.8, 4) is 5.75 Å². The summed E-state index contributed by atoms with van der Waals surface area (Å²) in [6.45, 7) is -0.289. The van der Waals surface area contributed by atoms with E-state index in [0.717, 1.165) is 18.9 Å². The predicted molar refractivity (Wildman–Crippen MR) is 119 cm³/mol. The van der Waals surface area contributed by atoms with Crippen LogP contribution in [0.15, 0.2) is 42.5 Å². The summed E-state index contributed by atoms with van der Waals surface area (Å²) in [7, 11) is 0. The number of nitrogens with two attached hydrogens (primary N) is 1. The van der Waals surface area contributed by atoms with Crippen molar-refractivity contribution in [2.24, 2.45) is 11.7 Å². The van der Waals surface area contributed by atoms with E-state index in [1.54, 1.807) is 24.3 Å². The zero-order valence-electron chi connectivity index (χ0n) is 18.7. The highest BCUT2D eigenvalue weighted by molar-refractivity contribution is 5.86. The first-order valence-electron chi connectivity index (χ1n) is 11.5. The van der Waals surface area contributed by atoms with Crippen molar-refractivity contribution in [1.29, 1.82) is 0 Å². The standard InChI is InChI=1S/C25H28F3N3O3/c26-20-12-22(28)21(27)10-15(20)11-23(29)16-8-17-6-7-18(9-16)31(17)25(33)13-30-24(32)14-34-19-4-2-1-3-5-19/h1-5,10,12,16-18,23H,6-9,11,13-14,29H2,(H,30,32)/t16-,17+,18-,23-/m1/s1. The van der Waals surface area contributed by atoms with Gasteiger partial charge in [0.2, 0.25) is 5.91 Å². The van der Waals surface area contributed by atoms with E-state index in [1.165, 1.54) is 0 Å². The van der Waals surface area contributed by atoms with Gasteiger partial charge in [0.05, 0.1) is 6.54 Å². The summed E-state index contributed by atoms with van der Waals surface area (Å²) in [4.78, 5) is 26.7. The number of piperidine rings is 1. The summed E-state index contributed by atoms with van der Waals surface area (Å²) in [5, 5.41) is 2.61. The van der Waals surface area contributed by atoms with Crippen LogP contribution in [0.25, 0.3) is 0 Å². The molecule has 182 valence electrons. The van der Waals surface area contributed by atoms with Gasteiger partial charge in [-0.2, -0.15) is 0 Å². The van der Waals surface area contributed by atoms with Gasteiger partial charge in [-0.25, -0.2) is 13.2 Å². The van der Waals surface area contributed by atoms with Crippen molar-refractivity contribution in [2.45, 2.75) is 50.2 Å². The van der Waals surface area contributed by atoms with Crippen LogP contribution in [-0.4, -0.2) is 48.0 Å². The fourth-order valence-electron chi connectivity index (χ4n) is 5.10. The van der Waals surface area contributed by atoms with Gasteiger partial charge in [0.25, 0.3) is 5.91 Å². The van der Waals surface area contributed by atoms with Crippen LogP contribution >= 0.6 is 0 Å². The van der Waals surface area contributed by atoms with E-state index >= 15 is 0 Å². The molecule has 2 saturated heterocycles. The molecule has 0 radical (unpaired) electrons. The molecular formula is C25H28F3N3O3. The molecule has 4 rings (SSSR count). The third kappa shape index (κ3) is 5.52. The summed E-state index contributed by atoms with van der Waals surface area (Å²) in [6.07, 6.45) is 3.08. The average Bonchev–Trinajstić information content (AvgIpc) is 3.09. The van der Waals surface area contributed by atoms with E-state index in [9.17, 15) is 22.8 Å². The van der Waals surface area contributed by atoms with Crippen LogP contribution in [0.2, 0.25) is 0 Å². The van der Waals surface area contributed by atoms with Crippen LogP contribution in [0.3, 0.4) is 0 Å². The second-order valence-corrected chi connectivity index (χ2v) is 9.02. The van der Waals surface area contributed by atoms with Gasteiger partial charge >= 0.3 is 0 Å². The molecule has 2 bridgehead atoms. The van der Waals surface area contributed by atoms with Crippen molar-refractivity contribution in [3.63, 3.8) is 0 Å². The van der Waals surface area contributed by atoms with Crippen molar-refractivity contribution in [2.75, 3.05) is 13.2 Å². The molecule has 0 aromatic heterocycles. The van der Waals surface area contributed by atoms with Crippen molar-refractivity contribution in [1.82, 2.24) is 10.2 Å². The number of ether oxygens (including phenoxy) is 1. The molecule has 0 spiro atoms. The average molecular weight is 476 g/mol. The fraction of sp³-hybridized carbons (Fsp3) is 0.440. The SMILES string of the molecule is N[C@H](Cc1cc(F)c(F)cc1F)[C@H]1C[C@H]2CC[C@@H](C1)N2C(=O)CNC(=O)COc1ccccc1. The third-order valence-electron chi connectivity index (χ3n) is 6.76. The maximum atomic E-state index is 14.0. The Morgan fingerprint density at radius 2 is 1.68 bits per heavy atom. The maximum absolute atomic E-state index is 14.0. The molecule has 0 saturated carbocycles. The number of amides is 2. The number of rotatable bonds is 8. The Hall–Kier alpha value is -3.07. The molecule has 2 aliphatic rings. The van der Waals surface area contributed by atoms with Crippen molar-refractivity contribution < 1.29 is 27.5 Å². The van der Waals surface area contributed by atoms with Gasteiger partial charge in [0.1, 0.15) is 11.6 Å². The van der Waals surface area contributed by atoms with E-state index < -0.39 is 23.5 Å². The summed E-state index contributed by atoms with van der Waals surface area (Å²) >= 11 is 0. The van der Waals surface area contributed by atoms with Gasteiger partial charge in [-0.1, -0.05) is 18.2 Å². The Morgan fingerprint density at radius 3 is 2.35 bits per heavy atom. The van der Waals surface area contributed by atoms with Crippen LogP contribution in [0.1, 0.15) is 31.2 Å². The Bertz CT molecular complexity index is 1020. The second-order valence-electron chi connectivity index (χ2n) is 9.02. The van der Waals surface area contributed by atoms with Gasteiger partial charge < -0.3 is 20.7 Å². The molecule has 2 heterocycles. The van der Waals surface area contributed by atoms with Crippen molar-refractivity contribution >= 4 is 11.8 Å². The number of hydrogen-bond donors (Lipinski definition) is 2. The zero-order valence-corrected chi connectivity index (χ0v) is 18.7. The Kier molecular flexibility index (Phi) is 7.41. The van der Waals surface area contributed by atoms with Gasteiger partial charge in [-0.3, -0.25) is 9.59 Å². The van der Waals surface area contributed by atoms with Crippen LogP contribution in [0, 0.1) is 23.4 Å². The minimum atomic E-state index is -1.22. The lowest BCUT2D eigenvalue weighted by Crippen LogP contribution is -2.53. The molecule has 3 N–H and O–H groups in total. The lowest BCUT2D eigenvalue weighted by Gasteiger charge is -2.41. The summed E-state index contributed by atoms with van der Waals surface area (Å²) < 4.78 is 46.1. The number of fused-ring (bicyclic) bond motifs is 2. The molecule has 4 atom stereocenters. The highest BCUT2D eigenvalue weighted by atomic mass is 19.2. The van der Waals surface area contributed by atoms with E-state index in [1.807, 2.05) is 11.0 Å². The molecule has 2 aromatic rings. The lowest BCUT2D eigenvalue weighted by atomic mass is 9.82. The van der Waals surface area contributed by atoms with E-state index in [2.05, 4.69) is 5.32 Å². The van der Waals surface area contributed by atoms with E-state index in [4.69, 9.17) is 10.5 Å². The van der Waals surface area contributed by atoms with Gasteiger partial charge in [-0.05, 0) is 61.8 Å². The topological polar surface area (TPSA) is 84.7 Å². The van der Waals surface area contributed by atoms with E-state index in [0.29, 0.717) is 24.7 Å². The Labute approximate surface area is 196 Å². The number of halogens is 3. The summed E-state index contributed by atoms with van der Waals surface area (Å²) in [5.41, 5.74) is 6.39. The van der Waals surface area contributed by atoms with E-state index in [-0.39, 0.29) is 55.0 Å². The second kappa shape index (κ2) is 10.5. The monoisotopic (exact) mass is 475 g/mol. The molecule has 2 aliphatic heterocycles. The Balaban J connectivity index is 1.27. The Morgan fingerprint density at radius 1 is 1.03 bits per heavy atom. The first-order valence-corrected chi connectivity index (χ1v) is 11.5. The largest absolute Gasteiger partial charge is 0.484 e. The van der Waals surface area contributed by atoms with Crippen LogP contribution in [0.5, 0.6) is 5.75 Å². The fourth-order valence-corrected chi connectivity index (χ4v) is 5.10. The smallest absolute Gasteiger partial charge is 0.258 e. The number of para-hydroxylation sites is 1. The minimum absolute atomic E-state index is 0.00503. The molecule has 2 amide bonds. The van der Waals surface area contributed by atoms with Gasteiger partial charge in [0.15, 0.2) is 18.2 Å². The highest BCUT2D eigenvalue weighted by Gasteiger charge is 2.44. The molecule has 2 fully saturated rings. The minimum Gasteiger partial charge on any atom is -0.484 e. The number of nitrogens with zero attached hydrogens (tertiary/aromatic N) is 1. The summed E-state index contributed by atoms with van der Waals surface area (Å²) in [6, 6.07) is 9.89. The van der Waals surface area contributed by atoms with Crippen LogP contribution < -0.4 is 15.8 Å². The highest BCUT2D eigenvalue weighted by Crippen LogP contribution is 2.40. The maximum Gasteiger partial charge on any atom is 0.258 e. The molecule has 0 aliphatic carbocycles. The molecule has 0 unspecified atom stereocenters. The van der Waals surface area contributed by atoms with Crippen LogP contribution in [-0.2, 0) is 16.0 Å². The number of carbonyl (C=O) groups excluding carboxylic acids is 2. The number of benzene rings is 2. The number of hydrogen-bond acceptors (Lipinski definition) is 4. The number of nitrogens with one attached hydrogen (secondary N) is 1. The van der Waals surface area contributed by atoms with Crippen molar-refractivity contribution in [3.05, 3.63) is 65.5 Å². The van der Waals surface area contributed by atoms with Gasteiger partial charge in [-0.15, -0.1) is 0 Å². The summed E-state index contributed by atoms with van der Waals surface area (Å²) in [5.74, 6) is -3.06. The molecular weight excluding hydrogens is 447 g/mol.